The number of hydrogen-bond donors (Lipinski definition) is 1. The van der Waals surface area contributed by atoms with Crippen LogP contribution in [0.1, 0.15) is 28.1 Å². The van der Waals surface area contributed by atoms with Crippen molar-refractivity contribution in [2.45, 2.75) is 11.8 Å². The molecule has 1 N–H and O–H groups in total. The van der Waals surface area contributed by atoms with Crippen molar-refractivity contribution in [3.05, 3.63) is 88.8 Å². The van der Waals surface area contributed by atoms with E-state index in [0.29, 0.717) is 5.69 Å². The zero-order valence-corrected chi connectivity index (χ0v) is 14.9. The molecule has 3 aromatic rings. The highest BCUT2D eigenvalue weighted by Crippen LogP contribution is 2.42. The van der Waals surface area contributed by atoms with Gasteiger partial charge in [-0.1, -0.05) is 54.6 Å². The number of benzene rings is 2. The second kappa shape index (κ2) is 6.20. The molecule has 4 heteroatoms. The van der Waals surface area contributed by atoms with Crippen molar-refractivity contribution in [3.63, 3.8) is 0 Å². The summed E-state index contributed by atoms with van der Waals surface area (Å²) >= 11 is 0. The third kappa shape index (κ3) is 2.49. The van der Waals surface area contributed by atoms with E-state index >= 15 is 0 Å². The lowest BCUT2D eigenvalue weighted by molar-refractivity contribution is 0.620. The van der Waals surface area contributed by atoms with Crippen molar-refractivity contribution in [2.24, 2.45) is 0 Å². The largest absolute Gasteiger partial charge is 0.378 e. The minimum absolute atomic E-state index is 0.292. The van der Waals surface area contributed by atoms with E-state index in [1.807, 2.05) is 12.1 Å². The molecule has 1 aliphatic carbocycles. The van der Waals surface area contributed by atoms with Gasteiger partial charge in [-0.25, -0.2) is 0 Å². The van der Waals surface area contributed by atoms with Crippen LogP contribution in [0.25, 0.3) is 6.08 Å². The van der Waals surface area contributed by atoms with Crippen LogP contribution in [0.3, 0.4) is 0 Å². The van der Waals surface area contributed by atoms with Gasteiger partial charge in [-0.2, -0.15) is 10.4 Å². The molecule has 0 radical (unpaired) electrons. The van der Waals surface area contributed by atoms with E-state index in [2.05, 4.69) is 89.9 Å². The van der Waals surface area contributed by atoms with E-state index in [-0.39, 0.29) is 5.41 Å². The fraction of sp³-hybridized carbons (Fsp3) is 0.182. The average Bonchev–Trinajstić information content (AvgIpc) is 3.10. The van der Waals surface area contributed by atoms with Crippen molar-refractivity contribution < 1.29 is 0 Å². The Morgan fingerprint density at radius 2 is 1.85 bits per heavy atom. The normalized spacial score (nSPS) is 18.2. The van der Waals surface area contributed by atoms with Gasteiger partial charge in [0.2, 0.25) is 0 Å². The number of nitriles is 1. The Bertz CT molecular complexity index is 1010. The molecule has 0 saturated carbocycles. The number of allylic oxidation sites excluding steroid dienone is 1. The summed E-state index contributed by atoms with van der Waals surface area (Å²) in [6.07, 6.45) is 5.00. The molecule has 0 amide bonds. The number of aromatic amines is 1. The first kappa shape index (κ1) is 16.2. The number of fused-ring (bicyclic) bond motifs is 1. The highest BCUT2D eigenvalue weighted by molar-refractivity contribution is 5.67. The van der Waals surface area contributed by atoms with Crippen molar-refractivity contribution in [3.8, 4) is 6.07 Å². The average molecular weight is 340 g/mol. The van der Waals surface area contributed by atoms with E-state index < -0.39 is 0 Å². The summed E-state index contributed by atoms with van der Waals surface area (Å²) in [6, 6.07) is 21.3. The number of hydrogen-bond acceptors (Lipinski definition) is 3. The zero-order chi connectivity index (χ0) is 18.1. The maximum Gasteiger partial charge on any atom is 0.169 e. The van der Waals surface area contributed by atoms with Gasteiger partial charge < -0.3 is 4.90 Å². The molecule has 4 nitrogen and oxygen atoms in total. The van der Waals surface area contributed by atoms with Gasteiger partial charge in [0, 0.05) is 42.9 Å². The van der Waals surface area contributed by atoms with Gasteiger partial charge in [0.25, 0.3) is 0 Å². The molecule has 2 aromatic carbocycles. The second-order valence-corrected chi connectivity index (χ2v) is 6.87. The van der Waals surface area contributed by atoms with Gasteiger partial charge >= 0.3 is 0 Å². The molecule has 0 spiro atoms. The van der Waals surface area contributed by atoms with Crippen LogP contribution in [0.2, 0.25) is 0 Å². The fourth-order valence-corrected chi connectivity index (χ4v) is 3.71. The summed E-state index contributed by atoms with van der Waals surface area (Å²) in [4.78, 5) is 2.12. The maximum atomic E-state index is 9.27. The number of nitrogens with one attached hydrogen (secondary N) is 1. The zero-order valence-electron chi connectivity index (χ0n) is 14.9. The SMILES string of the molecule is CN(C)c1cccc(C2(c3ccccc3)C=Cc3c(C#N)n[nH]c3C2)c1. The minimum atomic E-state index is -0.292. The predicted octanol–water partition coefficient (Wildman–Crippen LogP) is 3.90. The van der Waals surface area contributed by atoms with Gasteiger partial charge in [0.05, 0.1) is 0 Å². The van der Waals surface area contributed by atoms with Crippen LogP contribution in [0.4, 0.5) is 5.69 Å². The first-order valence-corrected chi connectivity index (χ1v) is 8.64. The van der Waals surface area contributed by atoms with Crippen molar-refractivity contribution in [1.82, 2.24) is 10.2 Å². The number of aromatic nitrogens is 2. The molecule has 1 atom stereocenters. The lowest BCUT2D eigenvalue weighted by Gasteiger charge is -2.35. The topological polar surface area (TPSA) is 55.7 Å². The molecule has 0 bridgehead atoms. The molecule has 4 rings (SSSR count). The lowest BCUT2D eigenvalue weighted by Crippen LogP contribution is -2.30. The second-order valence-electron chi connectivity index (χ2n) is 6.87. The number of nitrogens with zero attached hydrogens (tertiary/aromatic N) is 3. The Hall–Kier alpha value is -3.32. The van der Waals surface area contributed by atoms with Crippen LogP contribution < -0.4 is 4.90 Å². The molecule has 0 saturated heterocycles. The van der Waals surface area contributed by atoms with Crippen molar-refractivity contribution in [1.29, 1.82) is 5.26 Å². The monoisotopic (exact) mass is 340 g/mol. The smallest absolute Gasteiger partial charge is 0.169 e. The van der Waals surface area contributed by atoms with E-state index in [9.17, 15) is 5.26 Å². The van der Waals surface area contributed by atoms with E-state index in [4.69, 9.17) is 0 Å². The number of anilines is 1. The summed E-state index contributed by atoms with van der Waals surface area (Å²) in [7, 11) is 4.11. The molecule has 0 aliphatic heterocycles. The highest BCUT2D eigenvalue weighted by Gasteiger charge is 2.36. The molecule has 128 valence electrons. The Morgan fingerprint density at radius 1 is 1.08 bits per heavy atom. The van der Waals surface area contributed by atoms with Crippen LogP contribution in [0.5, 0.6) is 0 Å². The molecular weight excluding hydrogens is 320 g/mol. The van der Waals surface area contributed by atoms with Crippen LogP contribution in [0.15, 0.2) is 60.7 Å². The van der Waals surface area contributed by atoms with Crippen LogP contribution >= 0.6 is 0 Å². The number of rotatable bonds is 3. The molecule has 0 fully saturated rings. The first-order chi connectivity index (χ1) is 12.6. The Morgan fingerprint density at radius 3 is 2.58 bits per heavy atom. The third-order valence-corrected chi connectivity index (χ3v) is 5.15. The van der Waals surface area contributed by atoms with Gasteiger partial charge in [-0.05, 0) is 23.3 Å². The quantitative estimate of drug-likeness (QED) is 0.787. The molecular formula is C22H20N4. The van der Waals surface area contributed by atoms with Crippen LogP contribution in [-0.2, 0) is 11.8 Å². The first-order valence-electron chi connectivity index (χ1n) is 8.64. The van der Waals surface area contributed by atoms with Gasteiger partial charge in [-0.3, -0.25) is 5.10 Å². The summed E-state index contributed by atoms with van der Waals surface area (Å²) in [5, 5.41) is 16.5. The summed E-state index contributed by atoms with van der Waals surface area (Å²) < 4.78 is 0. The van der Waals surface area contributed by atoms with Crippen molar-refractivity contribution in [2.75, 3.05) is 19.0 Å². The standard InChI is InChI=1S/C22H20N4/c1-26(2)18-10-6-9-17(13-18)22(16-7-4-3-5-8-16)12-11-19-20(14-22)24-25-21(19)15-23/h3-13H,14H2,1-2H3,(H,24,25). The minimum Gasteiger partial charge on any atom is -0.378 e. The fourth-order valence-electron chi connectivity index (χ4n) is 3.71. The third-order valence-electron chi connectivity index (χ3n) is 5.15. The summed E-state index contributed by atoms with van der Waals surface area (Å²) in [5.74, 6) is 0. The van der Waals surface area contributed by atoms with E-state index in [1.54, 1.807) is 0 Å². The molecule has 1 aliphatic rings. The van der Waals surface area contributed by atoms with Crippen LogP contribution in [0, 0.1) is 11.3 Å². The Balaban J connectivity index is 1.92. The molecule has 1 heterocycles. The van der Waals surface area contributed by atoms with E-state index in [1.165, 1.54) is 16.8 Å². The number of H-pyrrole nitrogens is 1. The summed E-state index contributed by atoms with van der Waals surface area (Å²) in [6.45, 7) is 0. The Labute approximate surface area is 153 Å². The predicted molar refractivity (Wildman–Crippen MR) is 104 cm³/mol. The van der Waals surface area contributed by atoms with E-state index in [0.717, 1.165) is 17.7 Å². The van der Waals surface area contributed by atoms with Crippen LogP contribution in [-0.4, -0.2) is 24.3 Å². The molecule has 26 heavy (non-hydrogen) atoms. The molecule has 1 unspecified atom stereocenters. The maximum absolute atomic E-state index is 9.27. The highest BCUT2D eigenvalue weighted by atomic mass is 15.1. The van der Waals surface area contributed by atoms with Gasteiger partial charge in [0.15, 0.2) is 5.69 Å². The molecule has 1 aromatic heterocycles. The van der Waals surface area contributed by atoms with Gasteiger partial charge in [0.1, 0.15) is 6.07 Å². The summed E-state index contributed by atoms with van der Waals surface area (Å²) in [5.41, 5.74) is 5.69. The van der Waals surface area contributed by atoms with Crippen molar-refractivity contribution >= 4 is 11.8 Å². The van der Waals surface area contributed by atoms with Gasteiger partial charge in [-0.15, -0.1) is 0 Å². The lowest BCUT2D eigenvalue weighted by atomic mass is 9.68. The Kier molecular flexibility index (Phi) is 3.85.